The van der Waals surface area contributed by atoms with Gasteiger partial charge in [-0.3, -0.25) is 4.98 Å². The van der Waals surface area contributed by atoms with Crippen LogP contribution in [0.25, 0.3) is 5.57 Å². The molecule has 1 aliphatic carbocycles. The summed E-state index contributed by atoms with van der Waals surface area (Å²) in [7, 11) is 1.29. The number of benzene rings is 1. The molecule has 1 aromatic heterocycles. The predicted molar refractivity (Wildman–Crippen MR) is 98.4 cm³/mol. The lowest BCUT2D eigenvalue weighted by molar-refractivity contribution is 0.120. The SMILES string of the molecule is CO[C@H](C)c1ccccc1B1O[C@H]2C=CC=C(c3ccccn3)[C@H]2O1. The Morgan fingerprint density at radius 2 is 1.96 bits per heavy atom. The molecule has 0 N–H and O–H groups in total. The fourth-order valence-electron chi connectivity index (χ4n) is 3.35. The molecule has 1 saturated heterocycles. The van der Waals surface area contributed by atoms with Crippen molar-refractivity contribution in [2.75, 3.05) is 7.11 Å². The first-order valence-corrected chi connectivity index (χ1v) is 8.50. The van der Waals surface area contributed by atoms with Crippen molar-refractivity contribution in [2.24, 2.45) is 0 Å². The second-order valence-electron chi connectivity index (χ2n) is 6.22. The van der Waals surface area contributed by atoms with Gasteiger partial charge in [0, 0.05) is 18.9 Å². The maximum absolute atomic E-state index is 6.32. The second-order valence-corrected chi connectivity index (χ2v) is 6.22. The number of hydrogen-bond donors (Lipinski definition) is 0. The number of hydrogen-bond acceptors (Lipinski definition) is 4. The third kappa shape index (κ3) is 3.06. The van der Waals surface area contributed by atoms with Crippen molar-refractivity contribution in [1.82, 2.24) is 4.98 Å². The molecule has 0 amide bonds. The molecule has 4 rings (SSSR count). The molecule has 0 bridgehead atoms. The molecule has 0 saturated carbocycles. The van der Waals surface area contributed by atoms with Crippen LogP contribution in [-0.4, -0.2) is 31.4 Å². The fraction of sp³-hybridized carbons (Fsp3) is 0.250. The van der Waals surface area contributed by atoms with Gasteiger partial charge in [-0.25, -0.2) is 0 Å². The quantitative estimate of drug-likeness (QED) is 0.807. The average molecular weight is 333 g/mol. The number of rotatable bonds is 4. The Morgan fingerprint density at radius 1 is 1.12 bits per heavy atom. The minimum atomic E-state index is -0.418. The van der Waals surface area contributed by atoms with Gasteiger partial charge < -0.3 is 14.0 Å². The van der Waals surface area contributed by atoms with Gasteiger partial charge in [-0.05, 0) is 30.1 Å². The van der Waals surface area contributed by atoms with Gasteiger partial charge in [0.05, 0.1) is 24.0 Å². The summed E-state index contributed by atoms with van der Waals surface area (Å²) in [6.45, 7) is 2.03. The van der Waals surface area contributed by atoms with Crippen LogP contribution in [0.4, 0.5) is 0 Å². The Morgan fingerprint density at radius 3 is 2.76 bits per heavy atom. The average Bonchev–Trinajstić information content (AvgIpc) is 3.12. The van der Waals surface area contributed by atoms with E-state index in [2.05, 4.69) is 17.1 Å². The van der Waals surface area contributed by atoms with E-state index in [-0.39, 0.29) is 18.3 Å². The molecule has 0 unspecified atom stereocenters. The molecule has 126 valence electrons. The molecule has 5 heteroatoms. The predicted octanol–water partition coefficient (Wildman–Crippen LogP) is 2.92. The van der Waals surface area contributed by atoms with Crippen molar-refractivity contribution in [1.29, 1.82) is 0 Å². The van der Waals surface area contributed by atoms with Crippen molar-refractivity contribution in [3.05, 3.63) is 78.1 Å². The Labute approximate surface area is 148 Å². The molecule has 25 heavy (non-hydrogen) atoms. The van der Waals surface area contributed by atoms with E-state index < -0.39 is 7.12 Å². The van der Waals surface area contributed by atoms with Crippen molar-refractivity contribution in [3.8, 4) is 0 Å². The molecule has 1 aliphatic heterocycles. The van der Waals surface area contributed by atoms with Crippen LogP contribution in [0.1, 0.15) is 24.3 Å². The molecule has 1 fully saturated rings. The summed E-state index contributed by atoms with van der Waals surface area (Å²) in [5.74, 6) is 0. The number of ether oxygens (including phenoxy) is 1. The molecule has 2 aromatic rings. The highest BCUT2D eigenvalue weighted by atomic mass is 16.7. The van der Waals surface area contributed by atoms with E-state index in [1.54, 1.807) is 13.3 Å². The minimum Gasteiger partial charge on any atom is -0.398 e. The van der Waals surface area contributed by atoms with Gasteiger partial charge >= 0.3 is 7.12 Å². The van der Waals surface area contributed by atoms with Gasteiger partial charge in [0.15, 0.2) is 0 Å². The topological polar surface area (TPSA) is 40.6 Å². The van der Waals surface area contributed by atoms with E-state index in [0.717, 1.165) is 22.3 Å². The van der Waals surface area contributed by atoms with Gasteiger partial charge in [-0.2, -0.15) is 0 Å². The lowest BCUT2D eigenvalue weighted by Gasteiger charge is -2.21. The number of methoxy groups -OCH3 is 1. The highest BCUT2D eigenvalue weighted by Gasteiger charge is 2.43. The first kappa shape index (κ1) is 16.3. The van der Waals surface area contributed by atoms with Crippen LogP contribution in [0.3, 0.4) is 0 Å². The van der Waals surface area contributed by atoms with Crippen LogP contribution >= 0.6 is 0 Å². The third-order valence-electron chi connectivity index (χ3n) is 4.73. The first-order chi connectivity index (χ1) is 12.3. The van der Waals surface area contributed by atoms with E-state index in [1.165, 1.54) is 0 Å². The first-order valence-electron chi connectivity index (χ1n) is 8.50. The summed E-state index contributed by atoms with van der Waals surface area (Å²) in [4.78, 5) is 4.46. The number of allylic oxidation sites excluding steroid dienone is 2. The zero-order chi connectivity index (χ0) is 17.2. The van der Waals surface area contributed by atoms with E-state index >= 15 is 0 Å². The second kappa shape index (κ2) is 6.96. The van der Waals surface area contributed by atoms with E-state index in [9.17, 15) is 0 Å². The molecule has 1 aromatic carbocycles. The van der Waals surface area contributed by atoms with Gasteiger partial charge in [-0.15, -0.1) is 0 Å². The van der Waals surface area contributed by atoms with Gasteiger partial charge in [0.1, 0.15) is 0 Å². The molecule has 4 nitrogen and oxygen atoms in total. The smallest absolute Gasteiger partial charge is 0.398 e. The summed E-state index contributed by atoms with van der Waals surface area (Å²) >= 11 is 0. The number of nitrogens with zero attached hydrogens (tertiary/aromatic N) is 1. The van der Waals surface area contributed by atoms with Crippen LogP contribution in [0.5, 0.6) is 0 Å². The van der Waals surface area contributed by atoms with Crippen LogP contribution in [0, 0.1) is 0 Å². The normalized spacial score (nSPS) is 23.3. The zero-order valence-electron chi connectivity index (χ0n) is 14.3. The van der Waals surface area contributed by atoms with Gasteiger partial charge in [-0.1, -0.05) is 48.6 Å². The third-order valence-corrected chi connectivity index (χ3v) is 4.73. The number of aromatic nitrogens is 1. The summed E-state index contributed by atoms with van der Waals surface area (Å²) < 4.78 is 18.0. The van der Waals surface area contributed by atoms with E-state index in [1.807, 2.05) is 55.5 Å². The maximum Gasteiger partial charge on any atom is 0.495 e. The Kier molecular flexibility index (Phi) is 4.53. The largest absolute Gasteiger partial charge is 0.495 e. The van der Waals surface area contributed by atoms with Crippen molar-refractivity contribution >= 4 is 18.2 Å². The summed E-state index contributed by atoms with van der Waals surface area (Å²) in [6.07, 6.45) is 7.62. The molecule has 3 atom stereocenters. The van der Waals surface area contributed by atoms with E-state index in [4.69, 9.17) is 14.0 Å². The molecular weight excluding hydrogens is 313 g/mol. The van der Waals surface area contributed by atoms with Crippen molar-refractivity contribution in [2.45, 2.75) is 25.2 Å². The highest BCUT2D eigenvalue weighted by Crippen LogP contribution is 2.33. The van der Waals surface area contributed by atoms with Gasteiger partial charge in [0.2, 0.25) is 0 Å². The monoisotopic (exact) mass is 333 g/mol. The minimum absolute atomic E-state index is 0.0210. The van der Waals surface area contributed by atoms with Crippen LogP contribution < -0.4 is 5.46 Å². The molecule has 2 aliphatic rings. The Hall–Kier alpha value is -2.21. The Balaban J connectivity index is 1.64. The number of fused-ring (bicyclic) bond motifs is 1. The maximum atomic E-state index is 6.32. The summed E-state index contributed by atoms with van der Waals surface area (Å²) in [5.41, 5.74) is 4.07. The molecular formula is C20H20BNO3. The van der Waals surface area contributed by atoms with Crippen molar-refractivity contribution in [3.63, 3.8) is 0 Å². The zero-order valence-corrected chi connectivity index (χ0v) is 14.3. The van der Waals surface area contributed by atoms with Gasteiger partial charge in [0.25, 0.3) is 0 Å². The molecule has 0 spiro atoms. The van der Waals surface area contributed by atoms with Crippen LogP contribution in [-0.2, 0) is 14.0 Å². The Bertz CT molecular complexity index is 806. The molecule has 2 heterocycles. The standard InChI is InChI=1S/C20H20BNO3/c1-14(23-2)15-8-3-4-10-17(15)21-24-19-12-7-9-16(20(19)25-21)18-11-5-6-13-22-18/h3-14,19-20H,1-2H3/t14-,19+,20-/m1/s1. The van der Waals surface area contributed by atoms with Crippen LogP contribution in [0.2, 0.25) is 0 Å². The van der Waals surface area contributed by atoms with Crippen molar-refractivity contribution < 1.29 is 14.0 Å². The molecule has 0 radical (unpaired) electrons. The fourth-order valence-corrected chi connectivity index (χ4v) is 3.35. The lowest BCUT2D eigenvalue weighted by atomic mass is 9.75. The van der Waals surface area contributed by atoms with Crippen LogP contribution in [0.15, 0.2) is 66.9 Å². The highest BCUT2D eigenvalue weighted by molar-refractivity contribution is 6.62. The summed E-state index contributed by atoms with van der Waals surface area (Å²) in [5, 5.41) is 0. The lowest BCUT2D eigenvalue weighted by Crippen LogP contribution is -2.36. The number of pyridine rings is 1. The summed E-state index contributed by atoms with van der Waals surface area (Å²) in [6, 6.07) is 14.0. The van der Waals surface area contributed by atoms with E-state index in [0.29, 0.717) is 0 Å².